The van der Waals surface area contributed by atoms with E-state index in [0.29, 0.717) is 37.0 Å². The predicted octanol–water partition coefficient (Wildman–Crippen LogP) is 2.22. The van der Waals surface area contributed by atoms with E-state index in [4.69, 9.17) is 9.72 Å². The zero-order chi connectivity index (χ0) is 22.1. The van der Waals surface area contributed by atoms with Crippen molar-refractivity contribution in [2.24, 2.45) is 14.1 Å². The summed E-state index contributed by atoms with van der Waals surface area (Å²) in [6, 6.07) is 11.5. The van der Waals surface area contributed by atoms with E-state index in [2.05, 4.69) is 44.1 Å². The van der Waals surface area contributed by atoms with E-state index in [1.807, 2.05) is 17.8 Å². The number of hydrogen-bond donors (Lipinski definition) is 0. The largest absolute Gasteiger partial charge is 0.370 e. The van der Waals surface area contributed by atoms with Crippen LogP contribution in [0.2, 0.25) is 0 Å². The Kier molecular flexibility index (Phi) is 5.24. The second-order valence-corrected chi connectivity index (χ2v) is 7.72. The van der Waals surface area contributed by atoms with Crippen LogP contribution < -0.4 is 10.5 Å². The molecule has 0 saturated carbocycles. The van der Waals surface area contributed by atoms with Crippen LogP contribution in [0.25, 0.3) is 22.8 Å². The first-order chi connectivity index (χ1) is 15.6. The minimum Gasteiger partial charge on any atom is -0.370 e. The molecular weight excluding hydrogens is 406 g/mol. The molecule has 1 saturated heterocycles. The number of rotatable bonds is 4. The average molecular weight is 429 g/mol. The second kappa shape index (κ2) is 8.35. The van der Waals surface area contributed by atoms with Crippen LogP contribution in [0.4, 0.5) is 5.95 Å². The Morgan fingerprint density at radius 1 is 1.03 bits per heavy atom. The monoisotopic (exact) mass is 429 g/mol. The Bertz CT molecular complexity index is 1280. The highest BCUT2D eigenvalue weighted by Gasteiger charge is 2.25. The Balaban J connectivity index is 1.41. The summed E-state index contributed by atoms with van der Waals surface area (Å²) in [5, 5.41) is 0. The topological polar surface area (TPSA) is 91.0 Å². The summed E-state index contributed by atoms with van der Waals surface area (Å²) in [5.74, 6) is 1.52. The fourth-order valence-electron chi connectivity index (χ4n) is 3.91. The van der Waals surface area contributed by atoms with E-state index in [9.17, 15) is 4.79 Å². The summed E-state index contributed by atoms with van der Waals surface area (Å²) in [5.41, 5.74) is 3.15. The molecule has 162 valence electrons. The maximum Gasteiger partial charge on any atom is 0.255 e. The Labute approximate surface area is 185 Å². The van der Waals surface area contributed by atoms with Gasteiger partial charge in [0.1, 0.15) is 18.3 Å². The lowest BCUT2D eigenvalue weighted by atomic mass is 10.1. The molecule has 1 aromatic carbocycles. The molecule has 32 heavy (non-hydrogen) atoms. The van der Waals surface area contributed by atoms with Gasteiger partial charge in [-0.3, -0.25) is 9.36 Å². The molecule has 0 spiro atoms. The van der Waals surface area contributed by atoms with Gasteiger partial charge in [-0.15, -0.1) is 0 Å². The van der Waals surface area contributed by atoms with Crippen LogP contribution in [0.15, 0.2) is 66.1 Å². The highest BCUT2D eigenvalue weighted by molar-refractivity contribution is 5.57. The highest BCUT2D eigenvalue weighted by Crippen LogP contribution is 2.27. The lowest BCUT2D eigenvalue weighted by Gasteiger charge is -2.34. The zero-order valence-electron chi connectivity index (χ0n) is 17.9. The van der Waals surface area contributed by atoms with Crippen LogP contribution in [0.1, 0.15) is 11.7 Å². The molecule has 1 aliphatic heterocycles. The fraction of sp³-hybridized carbons (Fsp3) is 0.261. The van der Waals surface area contributed by atoms with Crippen molar-refractivity contribution in [3.63, 3.8) is 0 Å². The first-order valence-corrected chi connectivity index (χ1v) is 10.4. The van der Waals surface area contributed by atoms with Gasteiger partial charge >= 0.3 is 0 Å². The first kappa shape index (κ1) is 20.1. The van der Waals surface area contributed by atoms with E-state index in [0.717, 1.165) is 17.0 Å². The van der Waals surface area contributed by atoms with Gasteiger partial charge in [0.15, 0.2) is 0 Å². The third-order valence-corrected chi connectivity index (χ3v) is 5.67. The van der Waals surface area contributed by atoms with E-state index in [1.165, 1.54) is 12.4 Å². The smallest absolute Gasteiger partial charge is 0.255 e. The molecule has 0 N–H and O–H groups in total. The van der Waals surface area contributed by atoms with E-state index in [-0.39, 0.29) is 11.7 Å². The Morgan fingerprint density at radius 2 is 1.88 bits per heavy atom. The number of anilines is 1. The molecule has 0 radical (unpaired) electrons. The lowest BCUT2D eigenvalue weighted by molar-refractivity contribution is 0.0390. The van der Waals surface area contributed by atoms with Crippen LogP contribution in [0, 0.1) is 0 Å². The number of aromatic nitrogens is 6. The quantitative estimate of drug-likeness (QED) is 0.491. The average Bonchev–Trinajstić information content (AvgIpc) is 3.27. The molecule has 1 atom stereocenters. The number of ether oxygens (including phenoxy) is 1. The predicted molar refractivity (Wildman–Crippen MR) is 120 cm³/mol. The number of imidazole rings is 1. The Hall–Kier alpha value is -3.85. The normalized spacial score (nSPS) is 16.3. The number of benzene rings is 1. The second-order valence-electron chi connectivity index (χ2n) is 7.72. The number of aryl methyl sites for hydroxylation is 1. The van der Waals surface area contributed by atoms with Crippen LogP contribution >= 0.6 is 0 Å². The molecule has 3 aromatic heterocycles. The van der Waals surface area contributed by atoms with Crippen molar-refractivity contribution in [1.82, 2.24) is 29.1 Å². The van der Waals surface area contributed by atoms with Crippen LogP contribution in [0.5, 0.6) is 0 Å². The van der Waals surface area contributed by atoms with Gasteiger partial charge in [-0.1, -0.05) is 24.3 Å². The third kappa shape index (κ3) is 3.78. The standard InChI is InChI=1S/C23H23N7O2/c1-28-10-9-25-22(28)17-5-3-16(4-6-17)20-14-30(11-12-32-20)23-27-19(13-21(31)29(23)2)18-7-8-24-15-26-18/h3-10,13,15,20H,11-12,14H2,1-2H3. The molecule has 4 heterocycles. The van der Waals surface area contributed by atoms with Crippen LogP contribution in [-0.4, -0.2) is 48.8 Å². The van der Waals surface area contributed by atoms with Crippen molar-refractivity contribution >= 4 is 5.95 Å². The van der Waals surface area contributed by atoms with Crippen molar-refractivity contribution in [3.05, 3.63) is 77.2 Å². The van der Waals surface area contributed by atoms with Gasteiger partial charge in [0, 0.05) is 50.9 Å². The summed E-state index contributed by atoms with van der Waals surface area (Å²) in [6.07, 6.45) is 6.68. The number of hydrogen-bond acceptors (Lipinski definition) is 7. The SMILES string of the molecule is Cn1ccnc1-c1ccc(C2CN(c3nc(-c4ccncn4)cc(=O)n3C)CCO2)cc1. The summed E-state index contributed by atoms with van der Waals surface area (Å²) in [4.78, 5) is 32.0. The molecule has 0 bridgehead atoms. The van der Waals surface area contributed by atoms with Crippen molar-refractivity contribution in [1.29, 1.82) is 0 Å². The molecule has 5 rings (SSSR count). The van der Waals surface area contributed by atoms with E-state index >= 15 is 0 Å². The van der Waals surface area contributed by atoms with Crippen molar-refractivity contribution in [3.8, 4) is 22.8 Å². The van der Waals surface area contributed by atoms with Crippen LogP contribution in [-0.2, 0) is 18.8 Å². The van der Waals surface area contributed by atoms with Gasteiger partial charge in [-0.05, 0) is 11.6 Å². The molecule has 1 aliphatic rings. The van der Waals surface area contributed by atoms with Gasteiger partial charge in [-0.25, -0.2) is 19.9 Å². The molecule has 1 fully saturated rings. The minimum absolute atomic E-state index is 0.126. The Morgan fingerprint density at radius 3 is 2.59 bits per heavy atom. The molecule has 0 aliphatic carbocycles. The summed E-state index contributed by atoms with van der Waals surface area (Å²) < 4.78 is 9.61. The molecule has 0 amide bonds. The van der Waals surface area contributed by atoms with Crippen molar-refractivity contribution in [2.45, 2.75) is 6.10 Å². The van der Waals surface area contributed by atoms with Crippen molar-refractivity contribution in [2.75, 3.05) is 24.6 Å². The summed E-state index contributed by atoms with van der Waals surface area (Å²) in [7, 11) is 3.71. The van der Waals surface area contributed by atoms with Crippen molar-refractivity contribution < 1.29 is 4.74 Å². The van der Waals surface area contributed by atoms with E-state index < -0.39 is 0 Å². The molecular formula is C23H23N7O2. The van der Waals surface area contributed by atoms with Crippen LogP contribution in [0.3, 0.4) is 0 Å². The van der Waals surface area contributed by atoms with Gasteiger partial charge < -0.3 is 14.2 Å². The molecule has 1 unspecified atom stereocenters. The van der Waals surface area contributed by atoms with E-state index in [1.54, 1.807) is 30.1 Å². The number of morpholine rings is 1. The lowest BCUT2D eigenvalue weighted by Crippen LogP contribution is -2.41. The van der Waals surface area contributed by atoms with Gasteiger partial charge in [0.05, 0.1) is 24.5 Å². The highest BCUT2D eigenvalue weighted by atomic mass is 16.5. The van der Waals surface area contributed by atoms with Gasteiger partial charge in [0.25, 0.3) is 5.56 Å². The third-order valence-electron chi connectivity index (χ3n) is 5.67. The maximum absolute atomic E-state index is 12.6. The van der Waals surface area contributed by atoms with Gasteiger partial charge in [0.2, 0.25) is 5.95 Å². The van der Waals surface area contributed by atoms with Gasteiger partial charge in [-0.2, -0.15) is 0 Å². The maximum atomic E-state index is 12.6. The minimum atomic E-state index is -0.133. The fourth-order valence-corrected chi connectivity index (χ4v) is 3.91. The molecule has 4 aromatic rings. The zero-order valence-corrected chi connectivity index (χ0v) is 17.9. The molecule has 9 heteroatoms. The number of nitrogens with zero attached hydrogens (tertiary/aromatic N) is 7. The molecule has 9 nitrogen and oxygen atoms in total. The first-order valence-electron chi connectivity index (χ1n) is 10.4. The summed E-state index contributed by atoms with van der Waals surface area (Å²) >= 11 is 0. The summed E-state index contributed by atoms with van der Waals surface area (Å²) in [6.45, 7) is 1.78.